The van der Waals surface area contributed by atoms with Gasteiger partial charge in [-0.3, -0.25) is 9.59 Å². The van der Waals surface area contributed by atoms with Gasteiger partial charge in [0.15, 0.2) is 12.4 Å². The average Bonchev–Trinajstić information content (AvgIpc) is 2.60. The van der Waals surface area contributed by atoms with Gasteiger partial charge in [0.05, 0.1) is 0 Å². The fourth-order valence-electron chi connectivity index (χ4n) is 2.43. The molecule has 6 heteroatoms. The number of aromatic nitrogens is 1. The molecule has 0 aliphatic heterocycles. The minimum absolute atomic E-state index is 0.279. The van der Waals surface area contributed by atoms with Crippen LogP contribution in [0.1, 0.15) is 10.4 Å². The van der Waals surface area contributed by atoms with Crippen molar-refractivity contribution in [2.45, 2.75) is 0 Å². The maximum Gasteiger partial charge on any atom is 0.404 e. The lowest BCUT2D eigenvalue weighted by Crippen LogP contribution is -2.19. The van der Waals surface area contributed by atoms with E-state index in [0.29, 0.717) is 16.5 Å². The highest BCUT2D eigenvalue weighted by atomic mass is 16.5. The Morgan fingerprint density at radius 1 is 1.04 bits per heavy atom. The fourth-order valence-corrected chi connectivity index (χ4v) is 2.43. The maximum absolute atomic E-state index is 12.3. The van der Waals surface area contributed by atoms with Gasteiger partial charge < -0.3 is 15.5 Å². The van der Waals surface area contributed by atoms with Gasteiger partial charge in [-0.05, 0) is 23.1 Å². The van der Waals surface area contributed by atoms with Crippen LogP contribution >= 0.6 is 0 Å². The summed E-state index contributed by atoms with van der Waals surface area (Å²) in [6, 6.07) is 16.1. The number of nitrogens with two attached hydrogens (primary N) is 1. The Morgan fingerprint density at radius 3 is 2.50 bits per heavy atom. The highest BCUT2D eigenvalue weighted by Gasteiger charge is 2.11. The van der Waals surface area contributed by atoms with Crippen molar-refractivity contribution in [2.24, 2.45) is 5.73 Å². The van der Waals surface area contributed by atoms with Crippen LogP contribution in [0.15, 0.2) is 59.4 Å². The molecule has 3 aromatic rings. The first kappa shape index (κ1) is 15.5. The first-order chi connectivity index (χ1) is 11.5. The van der Waals surface area contributed by atoms with Crippen molar-refractivity contribution in [1.82, 2.24) is 4.98 Å². The molecule has 0 spiro atoms. The number of H-pyrrole nitrogens is 1. The van der Waals surface area contributed by atoms with Gasteiger partial charge in [-0.15, -0.1) is 0 Å². The number of Topliss-reactive ketones (excluding diaryl/α,β-unsaturated/α-hetero) is 1. The van der Waals surface area contributed by atoms with Crippen LogP contribution in [0.4, 0.5) is 4.79 Å². The zero-order valence-corrected chi connectivity index (χ0v) is 12.6. The minimum Gasteiger partial charge on any atom is -0.441 e. The second kappa shape index (κ2) is 6.37. The Labute approximate surface area is 136 Å². The van der Waals surface area contributed by atoms with E-state index in [0.717, 1.165) is 5.56 Å². The van der Waals surface area contributed by atoms with Gasteiger partial charge in [0.1, 0.15) is 0 Å². The minimum atomic E-state index is -1.02. The number of carbonyl (C=O) groups excluding carboxylic acids is 2. The van der Waals surface area contributed by atoms with E-state index < -0.39 is 18.5 Å². The summed E-state index contributed by atoms with van der Waals surface area (Å²) in [6.45, 7) is -0.457. The van der Waals surface area contributed by atoms with Crippen LogP contribution < -0.4 is 11.3 Å². The fraction of sp³-hybridized carbons (Fsp3) is 0.0556. The van der Waals surface area contributed by atoms with E-state index in [-0.39, 0.29) is 11.1 Å². The summed E-state index contributed by atoms with van der Waals surface area (Å²) in [5.41, 5.74) is 6.42. The molecule has 6 nitrogen and oxygen atoms in total. The van der Waals surface area contributed by atoms with Gasteiger partial charge in [-0.2, -0.15) is 0 Å². The zero-order valence-electron chi connectivity index (χ0n) is 12.6. The summed E-state index contributed by atoms with van der Waals surface area (Å²) in [5.74, 6) is -0.428. The predicted octanol–water partition coefficient (Wildman–Crippen LogP) is 2.47. The Kier molecular flexibility index (Phi) is 4.11. The Bertz CT molecular complexity index is 977. The van der Waals surface area contributed by atoms with E-state index in [1.165, 1.54) is 6.07 Å². The molecule has 0 aliphatic rings. The molecule has 24 heavy (non-hydrogen) atoms. The molecule has 2 aromatic carbocycles. The van der Waals surface area contributed by atoms with Crippen LogP contribution in [-0.2, 0) is 4.74 Å². The van der Waals surface area contributed by atoms with Crippen molar-refractivity contribution in [1.29, 1.82) is 0 Å². The van der Waals surface area contributed by atoms with Crippen molar-refractivity contribution in [2.75, 3.05) is 6.61 Å². The van der Waals surface area contributed by atoms with Crippen LogP contribution in [0.25, 0.3) is 22.0 Å². The number of carbonyl (C=O) groups is 2. The summed E-state index contributed by atoms with van der Waals surface area (Å²) in [6.07, 6.45) is -1.02. The van der Waals surface area contributed by atoms with Crippen LogP contribution in [0, 0.1) is 0 Å². The van der Waals surface area contributed by atoms with E-state index in [9.17, 15) is 14.4 Å². The van der Waals surface area contributed by atoms with E-state index in [1.807, 2.05) is 36.4 Å². The number of nitrogens with one attached hydrogen (secondary N) is 1. The Morgan fingerprint density at radius 2 is 1.79 bits per heavy atom. The lowest BCUT2D eigenvalue weighted by molar-refractivity contribution is 0.0858. The van der Waals surface area contributed by atoms with Crippen LogP contribution in [0.3, 0.4) is 0 Å². The quantitative estimate of drug-likeness (QED) is 0.720. The first-order valence-corrected chi connectivity index (χ1v) is 7.22. The molecule has 3 rings (SSSR count). The molecular weight excluding hydrogens is 308 g/mol. The average molecular weight is 322 g/mol. The molecule has 3 N–H and O–H groups in total. The number of ether oxygens (including phenoxy) is 1. The molecular formula is C18H14N2O4. The zero-order chi connectivity index (χ0) is 17.1. The number of hydrogen-bond acceptors (Lipinski definition) is 4. The van der Waals surface area contributed by atoms with E-state index >= 15 is 0 Å². The number of amides is 1. The Hall–Kier alpha value is -3.41. The summed E-state index contributed by atoms with van der Waals surface area (Å²) < 4.78 is 4.48. The Balaban J connectivity index is 2.00. The number of rotatable bonds is 4. The third-order valence-corrected chi connectivity index (χ3v) is 3.60. The third-order valence-electron chi connectivity index (χ3n) is 3.60. The van der Waals surface area contributed by atoms with E-state index in [2.05, 4.69) is 9.72 Å². The van der Waals surface area contributed by atoms with Crippen LogP contribution in [0.5, 0.6) is 0 Å². The molecule has 120 valence electrons. The topological polar surface area (TPSA) is 102 Å². The SMILES string of the molecule is NC(=O)OCC(=O)c1ccc2cc(-c3ccccc3)[nH]c(=O)c2c1. The van der Waals surface area contributed by atoms with E-state index in [4.69, 9.17) is 5.73 Å². The summed E-state index contributed by atoms with van der Waals surface area (Å²) in [7, 11) is 0. The number of pyridine rings is 1. The maximum atomic E-state index is 12.3. The summed E-state index contributed by atoms with van der Waals surface area (Å²) in [4.78, 5) is 37.7. The molecule has 0 radical (unpaired) electrons. The van der Waals surface area contributed by atoms with Gasteiger partial charge in [-0.25, -0.2) is 4.79 Å². The molecule has 1 heterocycles. The molecule has 0 atom stereocenters. The standard InChI is InChI=1S/C18H14N2O4/c19-18(23)24-10-16(21)13-7-6-12-9-15(11-4-2-1-3-5-11)20-17(22)14(12)8-13/h1-9H,10H2,(H2,19,23)(H,20,22). The second-order valence-corrected chi connectivity index (χ2v) is 5.21. The van der Waals surface area contributed by atoms with Crippen LogP contribution in [-0.4, -0.2) is 23.5 Å². The van der Waals surface area contributed by atoms with Gasteiger partial charge in [-0.1, -0.05) is 42.5 Å². The smallest absolute Gasteiger partial charge is 0.404 e. The number of fused-ring (bicyclic) bond motifs is 1. The number of ketones is 1. The first-order valence-electron chi connectivity index (χ1n) is 7.22. The molecule has 1 aromatic heterocycles. The van der Waals surface area contributed by atoms with Gasteiger partial charge >= 0.3 is 6.09 Å². The summed E-state index contributed by atoms with van der Waals surface area (Å²) >= 11 is 0. The van der Waals surface area contributed by atoms with Crippen molar-refractivity contribution in [3.05, 3.63) is 70.5 Å². The molecule has 0 fully saturated rings. The molecule has 0 saturated heterocycles. The molecule has 0 bridgehead atoms. The highest BCUT2D eigenvalue weighted by molar-refractivity contribution is 6.01. The molecule has 1 amide bonds. The number of primary amides is 1. The van der Waals surface area contributed by atoms with Gasteiger partial charge in [0.2, 0.25) is 0 Å². The molecule has 0 aliphatic carbocycles. The lowest BCUT2D eigenvalue weighted by atomic mass is 10.0. The normalized spacial score (nSPS) is 10.5. The van der Waals surface area contributed by atoms with E-state index in [1.54, 1.807) is 12.1 Å². The third kappa shape index (κ3) is 3.17. The van der Waals surface area contributed by atoms with Crippen LogP contribution in [0.2, 0.25) is 0 Å². The molecule has 0 unspecified atom stereocenters. The number of hydrogen-bond donors (Lipinski definition) is 2. The molecule has 0 saturated carbocycles. The predicted molar refractivity (Wildman–Crippen MR) is 89.9 cm³/mol. The summed E-state index contributed by atoms with van der Waals surface area (Å²) in [5, 5.41) is 1.10. The van der Waals surface area contributed by atoms with Gasteiger partial charge in [0, 0.05) is 16.6 Å². The monoisotopic (exact) mass is 322 g/mol. The van der Waals surface area contributed by atoms with Crippen molar-refractivity contribution < 1.29 is 14.3 Å². The van der Waals surface area contributed by atoms with Crippen molar-refractivity contribution in [3.8, 4) is 11.3 Å². The largest absolute Gasteiger partial charge is 0.441 e. The second-order valence-electron chi connectivity index (χ2n) is 5.21. The lowest BCUT2D eigenvalue weighted by Gasteiger charge is -2.06. The highest BCUT2D eigenvalue weighted by Crippen LogP contribution is 2.20. The van der Waals surface area contributed by atoms with Crippen molar-refractivity contribution in [3.63, 3.8) is 0 Å². The number of aromatic amines is 1. The number of benzene rings is 2. The van der Waals surface area contributed by atoms with Crippen molar-refractivity contribution >= 4 is 22.6 Å². The van der Waals surface area contributed by atoms with Gasteiger partial charge in [0.25, 0.3) is 5.56 Å².